The number of hydrogen-bond acceptors (Lipinski definition) is 1. The van der Waals surface area contributed by atoms with Gasteiger partial charge in [-0.25, -0.2) is 0 Å². The zero-order valence-corrected chi connectivity index (χ0v) is 12.3. The number of rotatable bonds is 5. The van der Waals surface area contributed by atoms with Crippen LogP contribution in [-0.2, 0) is 11.2 Å². The zero-order chi connectivity index (χ0) is 13.8. The summed E-state index contributed by atoms with van der Waals surface area (Å²) in [6.45, 7) is 6.53. The smallest absolute Gasteiger partial charge is 0.223 e. The molecular weight excluding hydrogens is 234 g/mol. The van der Waals surface area contributed by atoms with Gasteiger partial charge >= 0.3 is 0 Å². The van der Waals surface area contributed by atoms with Crippen molar-refractivity contribution in [2.75, 3.05) is 0 Å². The fraction of sp³-hybridized carbons (Fsp3) is 0.588. The van der Waals surface area contributed by atoms with Crippen molar-refractivity contribution in [2.24, 2.45) is 11.8 Å². The maximum absolute atomic E-state index is 11.9. The fourth-order valence-corrected chi connectivity index (χ4v) is 2.50. The second-order valence-corrected chi connectivity index (χ2v) is 6.20. The molecule has 1 aromatic carbocycles. The van der Waals surface area contributed by atoms with Gasteiger partial charge in [0, 0.05) is 5.92 Å². The number of carbonyl (C=O) groups is 1. The van der Waals surface area contributed by atoms with Gasteiger partial charge in [-0.1, -0.05) is 44.5 Å². The molecule has 2 rings (SSSR count). The topological polar surface area (TPSA) is 29.1 Å². The van der Waals surface area contributed by atoms with Crippen molar-refractivity contribution < 1.29 is 4.79 Å². The molecule has 0 aliphatic heterocycles. The molecular formula is C17H25NO. The molecule has 0 saturated heterocycles. The van der Waals surface area contributed by atoms with Gasteiger partial charge in [0.25, 0.3) is 0 Å². The highest BCUT2D eigenvalue weighted by molar-refractivity contribution is 5.79. The van der Waals surface area contributed by atoms with E-state index in [9.17, 15) is 4.79 Å². The van der Waals surface area contributed by atoms with E-state index in [1.807, 2.05) is 0 Å². The van der Waals surface area contributed by atoms with Gasteiger partial charge in [0.1, 0.15) is 0 Å². The molecule has 0 heterocycles. The molecule has 1 fully saturated rings. The molecule has 0 aromatic heterocycles. The van der Waals surface area contributed by atoms with Crippen LogP contribution in [0.5, 0.6) is 0 Å². The lowest BCUT2D eigenvalue weighted by atomic mass is 9.84. The Balaban J connectivity index is 1.91. The van der Waals surface area contributed by atoms with Gasteiger partial charge in [-0.3, -0.25) is 4.79 Å². The Hall–Kier alpha value is -1.31. The van der Waals surface area contributed by atoms with E-state index in [0.29, 0.717) is 5.92 Å². The third-order valence-electron chi connectivity index (χ3n) is 3.96. The fourth-order valence-electron chi connectivity index (χ4n) is 2.50. The van der Waals surface area contributed by atoms with E-state index in [2.05, 4.69) is 50.4 Å². The lowest BCUT2D eigenvalue weighted by Crippen LogP contribution is -2.35. The molecule has 19 heavy (non-hydrogen) atoms. The Labute approximate surface area is 116 Å². The molecule has 104 valence electrons. The van der Waals surface area contributed by atoms with Crippen LogP contribution in [0.25, 0.3) is 0 Å². The molecule has 0 bridgehead atoms. The summed E-state index contributed by atoms with van der Waals surface area (Å²) in [5, 5.41) is 3.12. The van der Waals surface area contributed by atoms with Crippen LogP contribution >= 0.6 is 0 Å². The highest BCUT2D eigenvalue weighted by atomic mass is 16.1. The van der Waals surface area contributed by atoms with Crippen molar-refractivity contribution in [3.63, 3.8) is 0 Å². The van der Waals surface area contributed by atoms with Crippen LogP contribution in [0.3, 0.4) is 0 Å². The molecule has 1 aliphatic carbocycles. The lowest BCUT2D eigenvalue weighted by Gasteiger charge is -2.26. The summed E-state index contributed by atoms with van der Waals surface area (Å²) < 4.78 is 0. The number of amides is 1. The quantitative estimate of drug-likeness (QED) is 0.854. The molecule has 1 atom stereocenters. The van der Waals surface area contributed by atoms with Crippen LogP contribution < -0.4 is 5.32 Å². The summed E-state index contributed by atoms with van der Waals surface area (Å²) in [6, 6.07) is 8.76. The van der Waals surface area contributed by atoms with E-state index in [4.69, 9.17) is 0 Å². The van der Waals surface area contributed by atoms with Gasteiger partial charge in [-0.15, -0.1) is 0 Å². The van der Waals surface area contributed by atoms with Crippen molar-refractivity contribution in [3.8, 4) is 0 Å². The van der Waals surface area contributed by atoms with E-state index >= 15 is 0 Å². The highest BCUT2D eigenvalue weighted by Gasteiger charge is 2.26. The van der Waals surface area contributed by atoms with Crippen molar-refractivity contribution in [3.05, 3.63) is 35.4 Å². The van der Waals surface area contributed by atoms with Crippen molar-refractivity contribution in [1.82, 2.24) is 5.32 Å². The number of benzene rings is 1. The minimum atomic E-state index is 0.112. The first-order chi connectivity index (χ1) is 9.06. The standard InChI is InChI=1S/C17H25NO/c1-12(2)11-14-7-9-15(10-8-14)13(3)18-17(19)16-5-4-6-16/h7-10,12-13,16H,4-6,11H2,1-3H3,(H,18,19)/t13-/m1/s1. The normalized spacial score (nSPS) is 17.1. The van der Waals surface area contributed by atoms with E-state index in [-0.39, 0.29) is 17.9 Å². The van der Waals surface area contributed by atoms with Crippen LogP contribution in [0.2, 0.25) is 0 Å². The van der Waals surface area contributed by atoms with Crippen LogP contribution in [0.15, 0.2) is 24.3 Å². The van der Waals surface area contributed by atoms with E-state index < -0.39 is 0 Å². The third kappa shape index (κ3) is 3.82. The zero-order valence-electron chi connectivity index (χ0n) is 12.3. The summed E-state index contributed by atoms with van der Waals surface area (Å²) in [5.41, 5.74) is 2.57. The number of hydrogen-bond donors (Lipinski definition) is 1. The Morgan fingerprint density at radius 1 is 1.21 bits per heavy atom. The monoisotopic (exact) mass is 259 g/mol. The summed E-state index contributed by atoms with van der Waals surface area (Å²) in [7, 11) is 0. The molecule has 0 unspecified atom stereocenters. The van der Waals surface area contributed by atoms with Crippen LogP contribution in [0.1, 0.15) is 57.2 Å². The van der Waals surface area contributed by atoms with Crippen molar-refractivity contribution in [2.45, 2.75) is 52.5 Å². The second-order valence-electron chi connectivity index (χ2n) is 6.20. The third-order valence-corrected chi connectivity index (χ3v) is 3.96. The van der Waals surface area contributed by atoms with E-state index in [1.54, 1.807) is 0 Å². The molecule has 0 spiro atoms. The maximum Gasteiger partial charge on any atom is 0.223 e. The second kappa shape index (κ2) is 6.23. The minimum Gasteiger partial charge on any atom is -0.349 e. The summed E-state index contributed by atoms with van der Waals surface area (Å²) >= 11 is 0. The largest absolute Gasteiger partial charge is 0.349 e. The van der Waals surface area contributed by atoms with E-state index in [1.165, 1.54) is 17.5 Å². The molecule has 0 radical (unpaired) electrons. The molecule has 1 N–H and O–H groups in total. The molecule has 1 amide bonds. The maximum atomic E-state index is 11.9. The first-order valence-electron chi connectivity index (χ1n) is 7.45. The molecule has 2 heteroatoms. The summed E-state index contributed by atoms with van der Waals surface area (Å²) in [6.07, 6.45) is 4.44. The summed E-state index contributed by atoms with van der Waals surface area (Å²) in [4.78, 5) is 11.9. The Bertz CT molecular complexity index is 417. The Morgan fingerprint density at radius 3 is 2.32 bits per heavy atom. The van der Waals surface area contributed by atoms with Gasteiger partial charge in [0.05, 0.1) is 6.04 Å². The van der Waals surface area contributed by atoms with Gasteiger partial charge in [0.15, 0.2) is 0 Å². The number of nitrogens with one attached hydrogen (secondary N) is 1. The molecule has 1 saturated carbocycles. The average Bonchev–Trinajstić information content (AvgIpc) is 2.26. The summed E-state index contributed by atoms with van der Waals surface area (Å²) in [5.74, 6) is 1.18. The first-order valence-corrected chi connectivity index (χ1v) is 7.45. The van der Waals surface area contributed by atoms with Gasteiger partial charge in [-0.05, 0) is 43.2 Å². The molecule has 2 nitrogen and oxygen atoms in total. The van der Waals surface area contributed by atoms with E-state index in [0.717, 1.165) is 19.3 Å². The van der Waals surface area contributed by atoms with Gasteiger partial charge < -0.3 is 5.32 Å². The molecule has 1 aromatic rings. The van der Waals surface area contributed by atoms with Crippen molar-refractivity contribution in [1.29, 1.82) is 0 Å². The van der Waals surface area contributed by atoms with Gasteiger partial charge in [-0.2, -0.15) is 0 Å². The van der Waals surface area contributed by atoms with Crippen LogP contribution in [-0.4, -0.2) is 5.91 Å². The molecule has 1 aliphatic rings. The minimum absolute atomic E-state index is 0.112. The Kier molecular flexibility index (Phi) is 4.62. The number of carbonyl (C=O) groups excluding carboxylic acids is 1. The Morgan fingerprint density at radius 2 is 1.84 bits per heavy atom. The van der Waals surface area contributed by atoms with Crippen LogP contribution in [0.4, 0.5) is 0 Å². The van der Waals surface area contributed by atoms with Crippen molar-refractivity contribution >= 4 is 5.91 Å². The average molecular weight is 259 g/mol. The first kappa shape index (κ1) is 14.1. The lowest BCUT2D eigenvalue weighted by molar-refractivity contribution is -0.128. The SMILES string of the molecule is CC(C)Cc1ccc([C@@H](C)NC(=O)C2CCC2)cc1. The van der Waals surface area contributed by atoms with Gasteiger partial charge in [0.2, 0.25) is 5.91 Å². The van der Waals surface area contributed by atoms with Crippen LogP contribution in [0, 0.1) is 11.8 Å². The highest BCUT2D eigenvalue weighted by Crippen LogP contribution is 2.27. The predicted molar refractivity (Wildman–Crippen MR) is 78.9 cm³/mol. The predicted octanol–water partition coefficient (Wildman–Crippen LogP) is 3.86.